The van der Waals surface area contributed by atoms with Gasteiger partial charge in [-0.2, -0.15) is 0 Å². The quantitative estimate of drug-likeness (QED) is 0.791. The maximum absolute atomic E-state index is 12.9. The fourth-order valence-electron chi connectivity index (χ4n) is 3.76. The van der Waals surface area contributed by atoms with Gasteiger partial charge in [-0.25, -0.2) is 0 Å². The molecule has 3 fully saturated rings. The second-order valence-corrected chi connectivity index (χ2v) is 6.62. The van der Waals surface area contributed by atoms with Crippen LogP contribution in [0.5, 0.6) is 0 Å². The van der Waals surface area contributed by atoms with Gasteiger partial charge in [0.15, 0.2) is 0 Å². The Morgan fingerprint density at radius 1 is 1.15 bits per heavy atom. The fraction of sp³-hybridized carbons (Fsp3) is 0.875. The average Bonchev–Trinajstić information content (AvgIpc) is 3.29. The molecule has 0 aromatic rings. The van der Waals surface area contributed by atoms with Gasteiger partial charge in [-0.1, -0.05) is 19.8 Å². The van der Waals surface area contributed by atoms with Crippen LogP contribution in [0.3, 0.4) is 0 Å². The second-order valence-electron chi connectivity index (χ2n) is 6.62. The number of hydrogen-bond acceptors (Lipinski definition) is 2. The molecule has 0 spiro atoms. The van der Waals surface area contributed by atoms with Gasteiger partial charge in [-0.05, 0) is 38.0 Å². The summed E-state index contributed by atoms with van der Waals surface area (Å²) in [5, 5.41) is 0. The van der Waals surface area contributed by atoms with Crippen LogP contribution in [0.25, 0.3) is 0 Å². The van der Waals surface area contributed by atoms with Gasteiger partial charge < -0.3 is 9.80 Å². The van der Waals surface area contributed by atoms with Crippen LogP contribution < -0.4 is 0 Å². The van der Waals surface area contributed by atoms with Crippen molar-refractivity contribution in [2.45, 2.75) is 70.4 Å². The maximum atomic E-state index is 12.9. The molecule has 3 rings (SSSR count). The molecular formula is C16H26N2O2. The van der Waals surface area contributed by atoms with Crippen LogP contribution in [0.15, 0.2) is 0 Å². The summed E-state index contributed by atoms with van der Waals surface area (Å²) in [5.41, 5.74) is 0. The third kappa shape index (κ3) is 2.70. The summed E-state index contributed by atoms with van der Waals surface area (Å²) in [6.07, 6.45) is 8.32. The predicted molar refractivity (Wildman–Crippen MR) is 77.1 cm³/mol. The molecule has 1 saturated carbocycles. The summed E-state index contributed by atoms with van der Waals surface area (Å²) >= 11 is 0. The Labute approximate surface area is 121 Å². The molecule has 4 heteroatoms. The van der Waals surface area contributed by atoms with Gasteiger partial charge in [-0.15, -0.1) is 0 Å². The zero-order valence-electron chi connectivity index (χ0n) is 12.5. The van der Waals surface area contributed by atoms with Crippen LogP contribution in [0, 0.1) is 5.92 Å². The van der Waals surface area contributed by atoms with E-state index in [4.69, 9.17) is 0 Å². The molecule has 20 heavy (non-hydrogen) atoms. The Kier molecular flexibility index (Phi) is 3.99. The molecule has 0 aromatic carbocycles. The fourth-order valence-corrected chi connectivity index (χ4v) is 3.76. The van der Waals surface area contributed by atoms with Gasteiger partial charge in [0.25, 0.3) is 0 Å². The van der Waals surface area contributed by atoms with Gasteiger partial charge in [0.2, 0.25) is 11.8 Å². The van der Waals surface area contributed by atoms with Crippen molar-refractivity contribution in [1.29, 1.82) is 0 Å². The molecule has 0 radical (unpaired) electrons. The molecule has 2 unspecified atom stereocenters. The molecule has 0 bridgehead atoms. The van der Waals surface area contributed by atoms with Crippen LogP contribution in [-0.2, 0) is 9.59 Å². The van der Waals surface area contributed by atoms with Crippen LogP contribution in [0.4, 0.5) is 0 Å². The first-order valence-corrected chi connectivity index (χ1v) is 8.30. The average molecular weight is 278 g/mol. The highest BCUT2D eigenvalue weighted by atomic mass is 16.2. The van der Waals surface area contributed by atoms with Crippen molar-refractivity contribution >= 4 is 11.8 Å². The monoisotopic (exact) mass is 278 g/mol. The first kappa shape index (κ1) is 13.9. The van der Waals surface area contributed by atoms with Gasteiger partial charge in [0, 0.05) is 25.6 Å². The highest BCUT2D eigenvalue weighted by molar-refractivity contribution is 5.90. The molecule has 2 amide bonds. The topological polar surface area (TPSA) is 40.6 Å². The van der Waals surface area contributed by atoms with E-state index >= 15 is 0 Å². The van der Waals surface area contributed by atoms with Gasteiger partial charge in [0.1, 0.15) is 6.04 Å². The van der Waals surface area contributed by atoms with E-state index in [1.54, 1.807) is 0 Å². The first-order chi connectivity index (χ1) is 9.70. The standard InChI is InChI=1S/C16H26N2O2/c1-2-13(11-12-6-7-12)17-10-8-15(19)18-9-4-3-5-14(18)16(17)20/h12-14H,2-11H2,1H3. The number of rotatable bonds is 4. The van der Waals surface area contributed by atoms with Crippen molar-refractivity contribution in [2.75, 3.05) is 13.1 Å². The molecule has 1 aliphatic carbocycles. The minimum Gasteiger partial charge on any atom is -0.337 e. The first-order valence-electron chi connectivity index (χ1n) is 8.30. The molecular weight excluding hydrogens is 252 g/mol. The second kappa shape index (κ2) is 5.74. The van der Waals surface area contributed by atoms with Gasteiger partial charge >= 0.3 is 0 Å². The van der Waals surface area contributed by atoms with Crippen LogP contribution in [0.1, 0.15) is 58.3 Å². The van der Waals surface area contributed by atoms with E-state index < -0.39 is 0 Å². The van der Waals surface area contributed by atoms with E-state index in [0.717, 1.165) is 44.6 Å². The van der Waals surface area contributed by atoms with E-state index in [0.29, 0.717) is 19.0 Å². The Bertz CT molecular complexity index is 392. The van der Waals surface area contributed by atoms with Gasteiger partial charge in [-0.3, -0.25) is 9.59 Å². The molecule has 4 nitrogen and oxygen atoms in total. The van der Waals surface area contributed by atoms with Crippen molar-refractivity contribution in [3.05, 3.63) is 0 Å². The van der Waals surface area contributed by atoms with Crippen LogP contribution in [-0.4, -0.2) is 46.8 Å². The van der Waals surface area contributed by atoms with E-state index in [1.807, 2.05) is 9.80 Å². The number of nitrogens with zero attached hydrogens (tertiary/aromatic N) is 2. The van der Waals surface area contributed by atoms with Crippen LogP contribution in [0.2, 0.25) is 0 Å². The molecule has 2 aliphatic heterocycles. The molecule has 2 heterocycles. The van der Waals surface area contributed by atoms with E-state index in [1.165, 1.54) is 12.8 Å². The summed E-state index contributed by atoms with van der Waals surface area (Å²) in [4.78, 5) is 29.0. The number of fused-ring (bicyclic) bond motifs is 1. The summed E-state index contributed by atoms with van der Waals surface area (Å²) in [5.74, 6) is 1.24. The largest absolute Gasteiger partial charge is 0.337 e. The lowest BCUT2D eigenvalue weighted by atomic mass is 9.99. The number of hydrogen-bond donors (Lipinski definition) is 0. The molecule has 3 aliphatic rings. The third-order valence-electron chi connectivity index (χ3n) is 5.17. The summed E-state index contributed by atoms with van der Waals surface area (Å²) < 4.78 is 0. The number of piperidine rings is 1. The summed E-state index contributed by atoms with van der Waals surface area (Å²) in [6, 6.07) is 0.191. The number of carbonyl (C=O) groups excluding carboxylic acids is 2. The van der Waals surface area contributed by atoms with Gasteiger partial charge in [0.05, 0.1) is 0 Å². The molecule has 0 aromatic heterocycles. The zero-order chi connectivity index (χ0) is 14.1. The smallest absolute Gasteiger partial charge is 0.245 e. The van der Waals surface area contributed by atoms with E-state index in [9.17, 15) is 9.59 Å². The highest BCUT2D eigenvalue weighted by Gasteiger charge is 2.40. The Hall–Kier alpha value is -1.06. The van der Waals surface area contributed by atoms with Crippen LogP contribution >= 0.6 is 0 Å². The SMILES string of the molecule is CCC(CC1CC1)N1CCC(=O)N2CCCCC2C1=O. The van der Waals surface area contributed by atoms with E-state index in [-0.39, 0.29) is 17.9 Å². The Morgan fingerprint density at radius 3 is 2.65 bits per heavy atom. The zero-order valence-corrected chi connectivity index (χ0v) is 12.5. The highest BCUT2D eigenvalue weighted by Crippen LogP contribution is 2.36. The Balaban J connectivity index is 1.76. The lowest BCUT2D eigenvalue weighted by Crippen LogP contribution is -2.51. The number of carbonyl (C=O) groups is 2. The van der Waals surface area contributed by atoms with E-state index in [2.05, 4.69) is 6.92 Å². The van der Waals surface area contributed by atoms with Crippen molar-refractivity contribution in [3.63, 3.8) is 0 Å². The predicted octanol–water partition coefficient (Wildman–Crippen LogP) is 2.18. The number of amides is 2. The van der Waals surface area contributed by atoms with Crippen molar-refractivity contribution in [3.8, 4) is 0 Å². The normalized spacial score (nSPS) is 29.1. The lowest BCUT2D eigenvalue weighted by Gasteiger charge is -2.36. The Morgan fingerprint density at radius 2 is 1.95 bits per heavy atom. The van der Waals surface area contributed by atoms with Crippen molar-refractivity contribution < 1.29 is 9.59 Å². The van der Waals surface area contributed by atoms with Crippen molar-refractivity contribution in [1.82, 2.24) is 9.80 Å². The lowest BCUT2D eigenvalue weighted by molar-refractivity contribution is -0.144. The summed E-state index contributed by atoms with van der Waals surface area (Å²) in [6.45, 7) is 3.59. The van der Waals surface area contributed by atoms with Crippen molar-refractivity contribution in [2.24, 2.45) is 5.92 Å². The molecule has 112 valence electrons. The maximum Gasteiger partial charge on any atom is 0.245 e. The molecule has 2 atom stereocenters. The summed E-state index contributed by atoms with van der Waals surface area (Å²) in [7, 11) is 0. The molecule has 0 N–H and O–H groups in total. The molecule has 2 saturated heterocycles. The third-order valence-corrected chi connectivity index (χ3v) is 5.17. The minimum atomic E-state index is -0.160. The minimum absolute atomic E-state index is 0.160.